The molecule has 2 atom stereocenters. The van der Waals surface area contributed by atoms with Crippen molar-refractivity contribution in [3.8, 4) is 0 Å². The largest absolute Gasteiger partial charge is 0.396 e. The summed E-state index contributed by atoms with van der Waals surface area (Å²) in [6.07, 6.45) is 1.97. The number of likely N-dealkylation sites (tertiary alicyclic amines) is 1. The molecule has 6 heteroatoms. The highest BCUT2D eigenvalue weighted by molar-refractivity contribution is 5.74. The van der Waals surface area contributed by atoms with Crippen LogP contribution in [-0.2, 0) is 0 Å². The average molecular weight is 326 g/mol. The number of carbonyl (C=O) groups excluding carboxylic acids is 1. The molecule has 0 aliphatic carbocycles. The number of urea groups is 1. The molecule has 2 aliphatic rings. The van der Waals surface area contributed by atoms with Gasteiger partial charge in [-0.25, -0.2) is 4.79 Å². The highest BCUT2D eigenvalue weighted by atomic mass is 16.3. The van der Waals surface area contributed by atoms with Gasteiger partial charge in [-0.3, -0.25) is 0 Å². The number of hydrogen-bond acceptors (Lipinski definition) is 4. The molecule has 2 N–H and O–H groups in total. The van der Waals surface area contributed by atoms with Crippen LogP contribution in [0.25, 0.3) is 0 Å². The summed E-state index contributed by atoms with van der Waals surface area (Å²) in [5.74, 6) is 0.455. The number of rotatable bonds is 5. The van der Waals surface area contributed by atoms with Crippen LogP contribution < -0.4 is 5.32 Å². The van der Waals surface area contributed by atoms with E-state index in [4.69, 9.17) is 0 Å². The molecule has 0 aromatic heterocycles. The van der Waals surface area contributed by atoms with Crippen molar-refractivity contribution in [1.82, 2.24) is 20.0 Å². The van der Waals surface area contributed by atoms with Crippen molar-refractivity contribution in [2.45, 2.75) is 26.7 Å². The molecule has 0 spiro atoms. The van der Waals surface area contributed by atoms with Crippen molar-refractivity contribution in [3.63, 3.8) is 0 Å². The molecule has 23 heavy (non-hydrogen) atoms. The summed E-state index contributed by atoms with van der Waals surface area (Å²) in [7, 11) is 2.17. The molecule has 2 rings (SSSR count). The van der Waals surface area contributed by atoms with Gasteiger partial charge in [0.25, 0.3) is 0 Å². The maximum atomic E-state index is 12.4. The topological polar surface area (TPSA) is 59.1 Å². The minimum absolute atomic E-state index is 0.0228. The summed E-state index contributed by atoms with van der Waals surface area (Å²) >= 11 is 0. The first-order valence-corrected chi connectivity index (χ1v) is 8.96. The van der Waals surface area contributed by atoms with E-state index in [2.05, 4.69) is 36.0 Å². The SMILES string of the molecule is CC(CNC(=O)N1CCCC(C)(CO)C1)CN1CCN(C)CC1. The van der Waals surface area contributed by atoms with Gasteiger partial charge in [-0.1, -0.05) is 13.8 Å². The van der Waals surface area contributed by atoms with Gasteiger partial charge in [0.2, 0.25) is 0 Å². The van der Waals surface area contributed by atoms with Crippen molar-refractivity contribution in [2.75, 3.05) is 66.0 Å². The molecule has 0 radical (unpaired) electrons. The van der Waals surface area contributed by atoms with E-state index in [1.54, 1.807) is 0 Å². The van der Waals surface area contributed by atoms with Gasteiger partial charge in [-0.15, -0.1) is 0 Å². The molecular formula is C17H34N4O2. The van der Waals surface area contributed by atoms with Gasteiger partial charge in [-0.2, -0.15) is 0 Å². The number of piperidine rings is 1. The van der Waals surface area contributed by atoms with Crippen LogP contribution in [-0.4, -0.2) is 91.8 Å². The average Bonchev–Trinajstić information content (AvgIpc) is 2.55. The predicted octanol–water partition coefficient (Wildman–Crippen LogP) is 0.674. The van der Waals surface area contributed by atoms with Crippen molar-refractivity contribution in [1.29, 1.82) is 0 Å². The van der Waals surface area contributed by atoms with E-state index in [1.807, 2.05) is 4.90 Å². The Balaban J connectivity index is 1.69. The van der Waals surface area contributed by atoms with Crippen LogP contribution in [0.2, 0.25) is 0 Å². The van der Waals surface area contributed by atoms with Crippen LogP contribution in [0.3, 0.4) is 0 Å². The molecule has 2 amide bonds. The monoisotopic (exact) mass is 326 g/mol. The molecule has 0 saturated carbocycles. The Labute approximate surface area is 140 Å². The van der Waals surface area contributed by atoms with Crippen LogP contribution in [0.1, 0.15) is 26.7 Å². The van der Waals surface area contributed by atoms with Gasteiger partial charge in [0.1, 0.15) is 0 Å². The summed E-state index contributed by atoms with van der Waals surface area (Å²) in [5.41, 5.74) is -0.138. The molecule has 0 bridgehead atoms. The molecule has 6 nitrogen and oxygen atoms in total. The fraction of sp³-hybridized carbons (Fsp3) is 0.941. The van der Waals surface area contributed by atoms with Gasteiger partial charge in [-0.05, 0) is 25.8 Å². The summed E-state index contributed by atoms with van der Waals surface area (Å²) in [4.78, 5) is 19.1. The quantitative estimate of drug-likeness (QED) is 0.780. The van der Waals surface area contributed by atoms with Crippen LogP contribution in [0, 0.1) is 11.3 Å². The molecule has 134 valence electrons. The number of hydrogen-bond donors (Lipinski definition) is 2. The van der Waals surface area contributed by atoms with Crippen molar-refractivity contribution >= 4 is 6.03 Å². The van der Waals surface area contributed by atoms with E-state index >= 15 is 0 Å². The van der Waals surface area contributed by atoms with Gasteiger partial charge < -0.3 is 25.1 Å². The summed E-state index contributed by atoms with van der Waals surface area (Å²) in [6, 6.07) is 0.0228. The lowest BCUT2D eigenvalue weighted by atomic mass is 9.83. The Morgan fingerprint density at radius 2 is 1.96 bits per heavy atom. The Morgan fingerprint density at radius 3 is 2.61 bits per heavy atom. The van der Waals surface area contributed by atoms with E-state index in [9.17, 15) is 9.90 Å². The van der Waals surface area contributed by atoms with E-state index < -0.39 is 0 Å². The number of likely N-dealkylation sites (N-methyl/N-ethyl adjacent to an activating group) is 1. The Hall–Kier alpha value is -0.850. The number of amides is 2. The maximum Gasteiger partial charge on any atom is 0.317 e. The molecule has 2 unspecified atom stereocenters. The molecule has 2 heterocycles. The second-order valence-electron chi connectivity index (χ2n) is 7.89. The molecule has 2 fully saturated rings. The molecule has 2 saturated heterocycles. The number of aliphatic hydroxyl groups is 1. The van der Waals surface area contributed by atoms with Crippen LogP contribution >= 0.6 is 0 Å². The predicted molar refractivity (Wildman–Crippen MR) is 92.5 cm³/mol. The number of carbonyl (C=O) groups is 1. The fourth-order valence-corrected chi connectivity index (χ4v) is 3.53. The van der Waals surface area contributed by atoms with Gasteiger partial charge in [0.05, 0.1) is 6.61 Å². The molecular weight excluding hydrogens is 292 g/mol. The van der Waals surface area contributed by atoms with Gasteiger partial charge in [0, 0.05) is 57.8 Å². The second kappa shape index (κ2) is 8.31. The second-order valence-corrected chi connectivity index (χ2v) is 7.89. The zero-order chi connectivity index (χ0) is 16.9. The Kier molecular flexibility index (Phi) is 6.68. The number of nitrogens with zero attached hydrogens (tertiary/aromatic N) is 3. The van der Waals surface area contributed by atoms with E-state index in [1.165, 1.54) is 0 Å². The number of nitrogens with one attached hydrogen (secondary N) is 1. The highest BCUT2D eigenvalue weighted by Gasteiger charge is 2.32. The highest BCUT2D eigenvalue weighted by Crippen LogP contribution is 2.28. The summed E-state index contributed by atoms with van der Waals surface area (Å²) < 4.78 is 0. The normalized spacial score (nSPS) is 28.6. The first kappa shape index (κ1) is 18.5. The van der Waals surface area contributed by atoms with Crippen LogP contribution in [0.4, 0.5) is 4.79 Å². The standard InChI is InChI=1S/C17H34N4O2/c1-15(12-20-9-7-19(3)8-10-20)11-18-16(23)21-6-4-5-17(2,13-21)14-22/h15,22H,4-14H2,1-3H3,(H,18,23). The third-order valence-corrected chi connectivity index (χ3v) is 5.22. The number of aliphatic hydroxyl groups excluding tert-OH is 1. The lowest BCUT2D eigenvalue weighted by Crippen LogP contribution is -2.51. The third kappa shape index (κ3) is 5.62. The van der Waals surface area contributed by atoms with Gasteiger partial charge >= 0.3 is 6.03 Å². The lowest BCUT2D eigenvalue weighted by molar-refractivity contribution is 0.0611. The first-order chi connectivity index (χ1) is 10.9. The minimum Gasteiger partial charge on any atom is -0.396 e. The van der Waals surface area contributed by atoms with Crippen molar-refractivity contribution < 1.29 is 9.90 Å². The minimum atomic E-state index is -0.138. The van der Waals surface area contributed by atoms with Crippen LogP contribution in [0.5, 0.6) is 0 Å². The van der Waals surface area contributed by atoms with Crippen molar-refractivity contribution in [2.24, 2.45) is 11.3 Å². The zero-order valence-electron chi connectivity index (χ0n) is 15.1. The lowest BCUT2D eigenvalue weighted by Gasteiger charge is -2.39. The first-order valence-electron chi connectivity index (χ1n) is 8.96. The van der Waals surface area contributed by atoms with Crippen LogP contribution in [0.15, 0.2) is 0 Å². The Morgan fingerprint density at radius 1 is 1.26 bits per heavy atom. The maximum absolute atomic E-state index is 12.4. The third-order valence-electron chi connectivity index (χ3n) is 5.22. The fourth-order valence-electron chi connectivity index (χ4n) is 3.53. The van der Waals surface area contributed by atoms with E-state index in [-0.39, 0.29) is 18.1 Å². The smallest absolute Gasteiger partial charge is 0.317 e. The molecule has 2 aliphatic heterocycles. The van der Waals surface area contributed by atoms with Crippen molar-refractivity contribution in [3.05, 3.63) is 0 Å². The van der Waals surface area contributed by atoms with Gasteiger partial charge in [0.15, 0.2) is 0 Å². The molecule has 0 aromatic carbocycles. The van der Waals surface area contributed by atoms with E-state index in [0.717, 1.165) is 58.7 Å². The Bertz CT molecular complexity index is 385. The summed E-state index contributed by atoms with van der Waals surface area (Å²) in [5, 5.41) is 12.6. The van der Waals surface area contributed by atoms with E-state index in [0.29, 0.717) is 12.5 Å². The summed E-state index contributed by atoms with van der Waals surface area (Å²) in [6.45, 7) is 12.1. The number of piperazine rings is 1. The molecule has 0 aromatic rings. The zero-order valence-corrected chi connectivity index (χ0v) is 15.1.